The van der Waals surface area contributed by atoms with Gasteiger partial charge in [-0.25, -0.2) is 15.0 Å². The summed E-state index contributed by atoms with van der Waals surface area (Å²) in [4.78, 5) is 14.5. The second-order valence-corrected chi connectivity index (χ2v) is 10.9. The first-order valence-corrected chi connectivity index (χ1v) is 13.9. The van der Waals surface area contributed by atoms with E-state index in [9.17, 15) is 0 Å². The fourth-order valence-electron chi connectivity index (χ4n) is 7.04. The first-order chi connectivity index (χ1) is 20.3. The summed E-state index contributed by atoms with van der Waals surface area (Å²) in [5, 5.41) is 5.98. The topological polar surface area (TPSA) is 48.0 Å². The lowest BCUT2D eigenvalue weighted by Gasteiger charge is -2.10. The van der Waals surface area contributed by atoms with Crippen molar-refractivity contribution in [1.82, 2.24) is 23.9 Å². The maximum absolute atomic E-state index is 5.04. The molecule has 0 spiro atoms. The minimum absolute atomic E-state index is 0.841. The lowest BCUT2D eigenvalue weighted by molar-refractivity contribution is 1.17. The van der Waals surface area contributed by atoms with Crippen LogP contribution in [0.2, 0.25) is 0 Å². The summed E-state index contributed by atoms with van der Waals surface area (Å²) in [5.74, 6) is 0. The minimum atomic E-state index is 0.841. The third-order valence-corrected chi connectivity index (χ3v) is 8.77. The fraction of sp³-hybridized carbons (Fsp3) is 0.0278. The smallest absolute Gasteiger partial charge is 0.166 e. The van der Waals surface area contributed by atoms with Gasteiger partial charge in [0, 0.05) is 39.6 Å². The summed E-state index contributed by atoms with van der Waals surface area (Å²) in [5.41, 5.74) is 12.5. The van der Waals surface area contributed by atoms with Crippen LogP contribution < -0.4 is 0 Å². The molecule has 1 aliphatic carbocycles. The van der Waals surface area contributed by atoms with E-state index in [1.165, 1.54) is 55.1 Å². The van der Waals surface area contributed by atoms with Crippen LogP contribution in [-0.4, -0.2) is 23.9 Å². The summed E-state index contributed by atoms with van der Waals surface area (Å²) >= 11 is 0. The molecule has 0 saturated carbocycles. The summed E-state index contributed by atoms with van der Waals surface area (Å²) < 4.78 is 4.51. The summed E-state index contributed by atoms with van der Waals surface area (Å²) in [6.07, 6.45) is 4.57. The van der Waals surface area contributed by atoms with E-state index in [1.54, 1.807) is 0 Å². The molecule has 5 heterocycles. The Balaban J connectivity index is 1.30. The molecule has 9 aromatic rings. The van der Waals surface area contributed by atoms with Crippen LogP contribution in [0.4, 0.5) is 0 Å². The van der Waals surface area contributed by atoms with Gasteiger partial charge in [-0.3, -0.25) is 4.40 Å². The number of benzene rings is 4. The van der Waals surface area contributed by atoms with Crippen LogP contribution in [0.1, 0.15) is 11.1 Å². The molecule has 0 N–H and O–H groups in total. The van der Waals surface area contributed by atoms with Crippen molar-refractivity contribution in [3.05, 3.63) is 127 Å². The number of hydrogen-bond donors (Lipinski definition) is 0. The van der Waals surface area contributed by atoms with Gasteiger partial charge in [-0.05, 0) is 101 Å². The van der Waals surface area contributed by atoms with Gasteiger partial charge in [-0.15, -0.1) is 0 Å². The SMILES string of the molecule is c1ccc(-n2c3ccccc3c3cc4c(cc32)Cc2cc3c(cc2-4)c2cccnc2n2c4ncccc4nc32)cc1. The molecule has 0 saturated heterocycles. The normalized spacial score (nSPS) is 12.8. The maximum Gasteiger partial charge on any atom is 0.166 e. The van der Waals surface area contributed by atoms with Gasteiger partial charge in [0.1, 0.15) is 16.8 Å². The number of imidazole rings is 1. The van der Waals surface area contributed by atoms with Crippen LogP contribution in [0.5, 0.6) is 0 Å². The highest BCUT2D eigenvalue weighted by molar-refractivity contribution is 6.16. The van der Waals surface area contributed by atoms with Crippen molar-refractivity contribution in [2.24, 2.45) is 0 Å². The molecule has 5 aromatic heterocycles. The zero-order chi connectivity index (χ0) is 26.7. The van der Waals surface area contributed by atoms with E-state index in [2.05, 4.69) is 98.9 Å². The molecule has 190 valence electrons. The van der Waals surface area contributed by atoms with E-state index in [-0.39, 0.29) is 0 Å². The van der Waals surface area contributed by atoms with E-state index in [0.29, 0.717) is 0 Å². The van der Waals surface area contributed by atoms with Crippen molar-refractivity contribution in [3.8, 4) is 16.8 Å². The molecular weight excluding hydrogens is 502 g/mol. The number of fused-ring (bicyclic) bond motifs is 14. The summed E-state index contributed by atoms with van der Waals surface area (Å²) in [6, 6.07) is 37.1. The van der Waals surface area contributed by atoms with Gasteiger partial charge in [0.2, 0.25) is 0 Å². The molecule has 0 fully saturated rings. The van der Waals surface area contributed by atoms with Crippen molar-refractivity contribution in [3.63, 3.8) is 0 Å². The Kier molecular flexibility index (Phi) is 3.92. The molecule has 10 rings (SSSR count). The Hall–Kier alpha value is -5.55. The van der Waals surface area contributed by atoms with Gasteiger partial charge < -0.3 is 4.57 Å². The van der Waals surface area contributed by atoms with Crippen molar-refractivity contribution >= 4 is 60.4 Å². The molecule has 4 aromatic carbocycles. The van der Waals surface area contributed by atoms with Gasteiger partial charge >= 0.3 is 0 Å². The molecule has 0 atom stereocenters. The van der Waals surface area contributed by atoms with Crippen LogP contribution in [0.15, 0.2) is 116 Å². The molecule has 1 aliphatic rings. The number of rotatable bonds is 1. The minimum Gasteiger partial charge on any atom is -0.309 e. The molecule has 41 heavy (non-hydrogen) atoms. The van der Waals surface area contributed by atoms with Gasteiger partial charge in [0.25, 0.3) is 0 Å². The number of hydrogen-bond acceptors (Lipinski definition) is 3. The Morgan fingerprint density at radius 1 is 0.512 bits per heavy atom. The molecular formula is C36H21N5. The zero-order valence-corrected chi connectivity index (χ0v) is 21.9. The van der Waals surface area contributed by atoms with Crippen LogP contribution >= 0.6 is 0 Å². The monoisotopic (exact) mass is 523 g/mol. The quantitative estimate of drug-likeness (QED) is 0.204. The number of para-hydroxylation sites is 2. The van der Waals surface area contributed by atoms with Crippen LogP contribution in [0, 0.1) is 0 Å². The molecule has 5 heteroatoms. The Bertz CT molecular complexity index is 2550. The van der Waals surface area contributed by atoms with Crippen LogP contribution in [0.25, 0.3) is 77.2 Å². The van der Waals surface area contributed by atoms with E-state index < -0.39 is 0 Å². The molecule has 0 aliphatic heterocycles. The Morgan fingerprint density at radius 3 is 2.15 bits per heavy atom. The van der Waals surface area contributed by atoms with Gasteiger partial charge in [0.15, 0.2) is 5.65 Å². The average Bonchev–Trinajstić information content (AvgIpc) is 3.69. The van der Waals surface area contributed by atoms with E-state index in [4.69, 9.17) is 9.97 Å². The predicted octanol–water partition coefficient (Wildman–Crippen LogP) is 8.25. The molecule has 0 radical (unpaired) electrons. The second-order valence-electron chi connectivity index (χ2n) is 10.9. The third-order valence-electron chi connectivity index (χ3n) is 8.77. The van der Waals surface area contributed by atoms with Crippen LogP contribution in [0.3, 0.4) is 0 Å². The summed E-state index contributed by atoms with van der Waals surface area (Å²) in [7, 11) is 0. The lowest BCUT2D eigenvalue weighted by atomic mass is 9.98. The van der Waals surface area contributed by atoms with E-state index >= 15 is 0 Å². The zero-order valence-electron chi connectivity index (χ0n) is 21.9. The molecule has 0 bridgehead atoms. The fourth-order valence-corrected chi connectivity index (χ4v) is 7.04. The predicted molar refractivity (Wildman–Crippen MR) is 166 cm³/mol. The van der Waals surface area contributed by atoms with Crippen molar-refractivity contribution < 1.29 is 0 Å². The standard InChI is InChI=1S/C36H21N5/c1-2-8-23(9-3-1)40-32-13-5-4-10-24(32)29-20-27-22(18-33(29)40)16-21-17-30-28(19-26(21)27)25-11-6-14-37-34(25)41-35(30)39-31-12-7-15-38-36(31)41/h1-15,17-20H,16H2. The van der Waals surface area contributed by atoms with Crippen LogP contribution in [-0.2, 0) is 6.42 Å². The molecule has 5 nitrogen and oxygen atoms in total. The largest absolute Gasteiger partial charge is 0.309 e. The van der Waals surface area contributed by atoms with Crippen molar-refractivity contribution in [2.75, 3.05) is 0 Å². The third kappa shape index (κ3) is 2.72. The number of nitrogens with zero attached hydrogens (tertiary/aromatic N) is 5. The average molecular weight is 524 g/mol. The lowest BCUT2D eigenvalue weighted by Crippen LogP contribution is -1.95. The van der Waals surface area contributed by atoms with E-state index in [0.717, 1.165) is 39.7 Å². The molecule has 0 unspecified atom stereocenters. The number of aromatic nitrogens is 5. The van der Waals surface area contributed by atoms with E-state index in [1.807, 2.05) is 30.6 Å². The van der Waals surface area contributed by atoms with Gasteiger partial charge in [0.05, 0.1) is 11.0 Å². The van der Waals surface area contributed by atoms with Crippen molar-refractivity contribution in [2.45, 2.75) is 6.42 Å². The van der Waals surface area contributed by atoms with Gasteiger partial charge in [-0.2, -0.15) is 0 Å². The second kappa shape index (κ2) is 7.55. The number of pyridine rings is 3. The maximum atomic E-state index is 5.04. The first-order valence-electron chi connectivity index (χ1n) is 13.9. The Morgan fingerprint density at radius 2 is 1.24 bits per heavy atom. The Labute approximate surface area is 234 Å². The summed E-state index contributed by atoms with van der Waals surface area (Å²) in [6.45, 7) is 0. The highest BCUT2D eigenvalue weighted by Crippen LogP contribution is 2.45. The van der Waals surface area contributed by atoms with Crippen molar-refractivity contribution in [1.29, 1.82) is 0 Å². The highest BCUT2D eigenvalue weighted by atomic mass is 15.1. The van der Waals surface area contributed by atoms with Gasteiger partial charge in [-0.1, -0.05) is 36.4 Å². The first kappa shape index (κ1) is 21.3. The molecule has 0 amide bonds. The highest BCUT2D eigenvalue weighted by Gasteiger charge is 2.25.